The van der Waals surface area contributed by atoms with Gasteiger partial charge in [-0.2, -0.15) is 0 Å². The molecule has 1 aromatic rings. The van der Waals surface area contributed by atoms with E-state index in [0.29, 0.717) is 5.56 Å². The van der Waals surface area contributed by atoms with Crippen LogP contribution in [-0.2, 0) is 4.79 Å². The third-order valence-electron chi connectivity index (χ3n) is 2.65. The average Bonchev–Trinajstić information content (AvgIpc) is 2.24. The van der Waals surface area contributed by atoms with Crippen molar-refractivity contribution in [3.63, 3.8) is 0 Å². The summed E-state index contributed by atoms with van der Waals surface area (Å²) in [4.78, 5) is 23.0. The number of aryl methyl sites for hydroxylation is 1. The maximum Gasteiger partial charge on any atom is 0.326 e. The van der Waals surface area contributed by atoms with Gasteiger partial charge in [-0.3, -0.25) is 4.79 Å². The molecule has 0 aliphatic rings. The topological polar surface area (TPSA) is 66.4 Å². The first kappa shape index (κ1) is 14.7. The molecule has 0 aliphatic carbocycles. The molecule has 0 saturated carbocycles. The Balaban J connectivity index is 2.91. The quantitative estimate of drug-likeness (QED) is 0.898. The van der Waals surface area contributed by atoms with Crippen LogP contribution >= 0.6 is 15.9 Å². The number of rotatable bonds is 4. The van der Waals surface area contributed by atoms with Gasteiger partial charge in [0.2, 0.25) is 0 Å². The molecule has 0 unspecified atom stereocenters. The van der Waals surface area contributed by atoms with Crippen LogP contribution in [0.1, 0.15) is 29.8 Å². The Morgan fingerprint density at radius 2 is 1.94 bits per heavy atom. The molecule has 0 radical (unpaired) electrons. The smallest absolute Gasteiger partial charge is 0.326 e. The highest BCUT2D eigenvalue weighted by molar-refractivity contribution is 9.10. The van der Waals surface area contributed by atoms with Crippen LogP contribution in [-0.4, -0.2) is 23.0 Å². The summed E-state index contributed by atoms with van der Waals surface area (Å²) in [6, 6.07) is 4.38. The molecule has 5 heteroatoms. The molecule has 1 aromatic carbocycles. The Morgan fingerprint density at radius 1 is 1.33 bits per heavy atom. The summed E-state index contributed by atoms with van der Waals surface area (Å²) in [7, 11) is 0. The van der Waals surface area contributed by atoms with E-state index < -0.39 is 12.0 Å². The largest absolute Gasteiger partial charge is 0.480 e. The van der Waals surface area contributed by atoms with Gasteiger partial charge in [0, 0.05) is 10.0 Å². The van der Waals surface area contributed by atoms with E-state index in [1.165, 1.54) is 0 Å². The predicted octanol–water partition coefficient (Wildman–Crippen LogP) is 2.60. The maximum atomic E-state index is 12.0. The highest BCUT2D eigenvalue weighted by Gasteiger charge is 2.24. The Morgan fingerprint density at radius 3 is 2.39 bits per heavy atom. The van der Waals surface area contributed by atoms with E-state index in [1.807, 2.05) is 13.0 Å². The molecule has 18 heavy (non-hydrogen) atoms. The molecule has 0 aromatic heterocycles. The number of carbonyl (C=O) groups excluding carboxylic acids is 1. The van der Waals surface area contributed by atoms with E-state index >= 15 is 0 Å². The second-order valence-corrected chi connectivity index (χ2v) is 5.41. The Labute approximate surface area is 115 Å². The molecule has 98 valence electrons. The number of nitrogens with one attached hydrogen (secondary N) is 1. The summed E-state index contributed by atoms with van der Waals surface area (Å²) in [5, 5.41) is 11.6. The maximum absolute atomic E-state index is 12.0. The lowest BCUT2D eigenvalue weighted by Gasteiger charge is -2.18. The van der Waals surface area contributed by atoms with Crippen molar-refractivity contribution < 1.29 is 14.7 Å². The van der Waals surface area contributed by atoms with Gasteiger partial charge in [0.05, 0.1) is 0 Å². The second-order valence-electron chi connectivity index (χ2n) is 4.49. The first-order valence-corrected chi connectivity index (χ1v) is 6.42. The fourth-order valence-electron chi connectivity index (χ4n) is 1.61. The molecule has 2 N–H and O–H groups in total. The second kappa shape index (κ2) is 6.00. The lowest BCUT2D eigenvalue weighted by Crippen LogP contribution is -2.44. The van der Waals surface area contributed by atoms with E-state index in [2.05, 4.69) is 21.2 Å². The van der Waals surface area contributed by atoms with Gasteiger partial charge >= 0.3 is 5.97 Å². The van der Waals surface area contributed by atoms with Gasteiger partial charge in [-0.15, -0.1) is 0 Å². The lowest BCUT2D eigenvalue weighted by molar-refractivity contribution is -0.140. The van der Waals surface area contributed by atoms with Gasteiger partial charge in [-0.25, -0.2) is 4.79 Å². The van der Waals surface area contributed by atoms with Crippen molar-refractivity contribution in [2.24, 2.45) is 5.92 Å². The summed E-state index contributed by atoms with van der Waals surface area (Å²) < 4.78 is 0.884. The van der Waals surface area contributed by atoms with Crippen molar-refractivity contribution in [2.75, 3.05) is 0 Å². The van der Waals surface area contributed by atoms with Gasteiger partial charge in [0.25, 0.3) is 5.91 Å². The third-order valence-corrected chi connectivity index (χ3v) is 3.15. The van der Waals surface area contributed by atoms with Gasteiger partial charge < -0.3 is 10.4 Å². The number of carboxylic acid groups (broad SMARTS) is 1. The van der Waals surface area contributed by atoms with E-state index in [4.69, 9.17) is 5.11 Å². The van der Waals surface area contributed by atoms with Crippen molar-refractivity contribution in [1.82, 2.24) is 5.32 Å². The Bertz CT molecular complexity index is 471. The number of benzene rings is 1. The van der Waals surface area contributed by atoms with E-state index in [0.717, 1.165) is 10.0 Å². The van der Waals surface area contributed by atoms with Crippen LogP contribution in [0, 0.1) is 12.8 Å². The number of hydrogen-bond donors (Lipinski definition) is 2. The van der Waals surface area contributed by atoms with Crippen molar-refractivity contribution in [2.45, 2.75) is 26.8 Å². The molecule has 4 nitrogen and oxygen atoms in total. The highest BCUT2D eigenvalue weighted by atomic mass is 79.9. The Kier molecular flexibility index (Phi) is 4.90. The molecule has 0 fully saturated rings. The minimum atomic E-state index is -1.02. The molecule has 1 rings (SSSR count). The number of hydrogen-bond acceptors (Lipinski definition) is 2. The SMILES string of the molecule is Cc1cc(Br)ccc1C(=O)N[C@@H](C(=O)O)C(C)C. The monoisotopic (exact) mass is 313 g/mol. The van der Waals surface area contributed by atoms with Gasteiger partial charge in [-0.1, -0.05) is 29.8 Å². The van der Waals surface area contributed by atoms with Gasteiger partial charge in [0.1, 0.15) is 6.04 Å². The van der Waals surface area contributed by atoms with Crippen molar-refractivity contribution in [3.05, 3.63) is 33.8 Å². The molecule has 1 amide bonds. The van der Waals surface area contributed by atoms with Crippen molar-refractivity contribution in [3.8, 4) is 0 Å². The highest BCUT2D eigenvalue weighted by Crippen LogP contribution is 2.16. The summed E-state index contributed by atoms with van der Waals surface area (Å²) in [6.07, 6.45) is 0. The van der Waals surface area contributed by atoms with Crippen LogP contribution in [0.2, 0.25) is 0 Å². The zero-order valence-corrected chi connectivity index (χ0v) is 12.1. The molecule has 0 spiro atoms. The third kappa shape index (κ3) is 3.57. The van der Waals surface area contributed by atoms with Crippen molar-refractivity contribution in [1.29, 1.82) is 0 Å². The first-order chi connectivity index (χ1) is 8.32. The molecule has 0 aliphatic heterocycles. The summed E-state index contributed by atoms with van der Waals surface area (Å²) in [5.74, 6) is -1.54. The van der Waals surface area contributed by atoms with E-state index in [1.54, 1.807) is 26.0 Å². The minimum absolute atomic E-state index is 0.165. The number of carbonyl (C=O) groups is 2. The lowest BCUT2D eigenvalue weighted by atomic mass is 10.0. The summed E-state index contributed by atoms with van der Waals surface area (Å²) in [6.45, 7) is 5.33. The number of amides is 1. The van der Waals surface area contributed by atoms with E-state index in [9.17, 15) is 9.59 Å². The van der Waals surface area contributed by atoms with Crippen LogP contribution < -0.4 is 5.32 Å². The molecule has 0 heterocycles. The number of carboxylic acids is 1. The van der Waals surface area contributed by atoms with E-state index in [-0.39, 0.29) is 11.8 Å². The minimum Gasteiger partial charge on any atom is -0.480 e. The molecule has 0 saturated heterocycles. The van der Waals surface area contributed by atoms with Gasteiger partial charge in [0.15, 0.2) is 0 Å². The normalized spacial score (nSPS) is 12.3. The standard InChI is InChI=1S/C13H16BrNO3/c1-7(2)11(13(17)18)15-12(16)10-5-4-9(14)6-8(10)3/h4-7,11H,1-3H3,(H,15,16)(H,17,18)/t11-/m1/s1. The van der Waals surface area contributed by atoms with Crippen LogP contribution in [0.3, 0.4) is 0 Å². The average molecular weight is 314 g/mol. The van der Waals surface area contributed by atoms with Gasteiger partial charge in [-0.05, 0) is 36.6 Å². The van der Waals surface area contributed by atoms with Crippen molar-refractivity contribution >= 4 is 27.8 Å². The fourth-order valence-corrected chi connectivity index (χ4v) is 2.09. The predicted molar refractivity (Wildman–Crippen MR) is 72.6 cm³/mol. The first-order valence-electron chi connectivity index (χ1n) is 5.62. The zero-order valence-electron chi connectivity index (χ0n) is 10.5. The van der Waals surface area contributed by atoms with Crippen LogP contribution in [0.5, 0.6) is 0 Å². The molecular weight excluding hydrogens is 298 g/mol. The molecule has 1 atom stereocenters. The fraction of sp³-hybridized carbons (Fsp3) is 0.385. The molecule has 0 bridgehead atoms. The summed E-state index contributed by atoms with van der Waals surface area (Å²) in [5.41, 5.74) is 1.29. The van der Waals surface area contributed by atoms with Crippen LogP contribution in [0.15, 0.2) is 22.7 Å². The zero-order chi connectivity index (χ0) is 13.9. The molecular formula is C13H16BrNO3. The van der Waals surface area contributed by atoms with Crippen LogP contribution in [0.25, 0.3) is 0 Å². The summed E-state index contributed by atoms with van der Waals surface area (Å²) >= 11 is 3.32. The number of halogens is 1. The Hall–Kier alpha value is -1.36. The van der Waals surface area contributed by atoms with Crippen LogP contribution in [0.4, 0.5) is 0 Å². The number of aliphatic carboxylic acids is 1.